The summed E-state index contributed by atoms with van der Waals surface area (Å²) in [7, 11) is -3.53. The van der Waals surface area contributed by atoms with E-state index in [2.05, 4.69) is 31.4 Å². The maximum atomic E-state index is 11.9. The molecule has 1 amide bonds. The van der Waals surface area contributed by atoms with Crippen LogP contribution in [0.2, 0.25) is 0 Å². The van der Waals surface area contributed by atoms with Gasteiger partial charge in [-0.05, 0) is 17.7 Å². The molecule has 106 valence electrons. The van der Waals surface area contributed by atoms with Crippen LogP contribution in [0.3, 0.4) is 0 Å². The van der Waals surface area contributed by atoms with Crippen molar-refractivity contribution >= 4 is 48.1 Å². The fourth-order valence-electron chi connectivity index (χ4n) is 1.51. The van der Waals surface area contributed by atoms with Crippen LogP contribution in [0.5, 0.6) is 0 Å². The lowest BCUT2D eigenvalue weighted by atomic mass is 10.2. The van der Waals surface area contributed by atoms with Crippen LogP contribution >= 0.6 is 27.3 Å². The number of hydrogen-bond donors (Lipinski definition) is 1. The van der Waals surface area contributed by atoms with Gasteiger partial charge in [-0.25, -0.2) is 8.42 Å². The van der Waals surface area contributed by atoms with Crippen LogP contribution in [0.1, 0.15) is 5.56 Å². The lowest BCUT2D eigenvalue weighted by molar-refractivity contribution is -0.113. The predicted octanol–water partition coefficient (Wildman–Crippen LogP) is 1.85. The van der Waals surface area contributed by atoms with E-state index in [9.17, 15) is 13.2 Å². The summed E-state index contributed by atoms with van der Waals surface area (Å²) < 4.78 is 24.7. The third-order valence-corrected chi connectivity index (χ3v) is 4.81. The Kier molecular flexibility index (Phi) is 4.84. The number of aromatic nitrogens is 2. The van der Waals surface area contributed by atoms with E-state index in [1.54, 1.807) is 24.3 Å². The summed E-state index contributed by atoms with van der Waals surface area (Å²) in [6.07, 6.45) is 0. The van der Waals surface area contributed by atoms with Crippen molar-refractivity contribution < 1.29 is 13.2 Å². The van der Waals surface area contributed by atoms with Gasteiger partial charge < -0.3 is 0 Å². The highest BCUT2D eigenvalue weighted by Crippen LogP contribution is 2.15. The summed E-state index contributed by atoms with van der Waals surface area (Å²) >= 11 is 4.40. The summed E-state index contributed by atoms with van der Waals surface area (Å²) in [5.41, 5.74) is 2.08. The van der Waals surface area contributed by atoms with Gasteiger partial charge in [0.05, 0.1) is 5.75 Å². The van der Waals surface area contributed by atoms with E-state index in [4.69, 9.17) is 0 Å². The number of rotatable bonds is 5. The van der Waals surface area contributed by atoms with Gasteiger partial charge in [-0.2, -0.15) is 0 Å². The number of halogens is 1. The van der Waals surface area contributed by atoms with E-state index >= 15 is 0 Å². The topological polar surface area (TPSA) is 89.0 Å². The highest BCUT2D eigenvalue weighted by molar-refractivity contribution is 9.10. The first-order chi connectivity index (χ1) is 9.44. The molecular weight excluding hydrogens is 366 g/mol. The fourth-order valence-corrected chi connectivity index (χ4v) is 3.68. The molecule has 0 saturated carbocycles. The van der Waals surface area contributed by atoms with E-state index in [0.29, 0.717) is 5.56 Å². The minimum Gasteiger partial charge on any atom is -0.300 e. The SMILES string of the molecule is O=C(CS(=O)(=O)Cc1cccc(Br)c1)Nc1nncs1. The van der Waals surface area contributed by atoms with Crippen LogP contribution in [-0.4, -0.2) is 30.3 Å². The Morgan fingerprint density at radius 1 is 1.40 bits per heavy atom. The van der Waals surface area contributed by atoms with Gasteiger partial charge in [0, 0.05) is 4.47 Å². The smallest absolute Gasteiger partial charge is 0.241 e. The van der Waals surface area contributed by atoms with E-state index in [-0.39, 0.29) is 10.9 Å². The molecule has 0 bridgehead atoms. The molecule has 1 aromatic heterocycles. The van der Waals surface area contributed by atoms with Gasteiger partial charge >= 0.3 is 0 Å². The monoisotopic (exact) mass is 375 g/mol. The Balaban J connectivity index is 1.98. The number of sulfone groups is 1. The first-order valence-electron chi connectivity index (χ1n) is 5.45. The van der Waals surface area contributed by atoms with Gasteiger partial charge in [-0.3, -0.25) is 10.1 Å². The number of amides is 1. The van der Waals surface area contributed by atoms with Crippen molar-refractivity contribution in [1.29, 1.82) is 0 Å². The molecule has 0 unspecified atom stereocenters. The van der Waals surface area contributed by atoms with E-state index < -0.39 is 21.5 Å². The van der Waals surface area contributed by atoms with Crippen LogP contribution in [0.4, 0.5) is 5.13 Å². The first-order valence-corrected chi connectivity index (χ1v) is 8.95. The van der Waals surface area contributed by atoms with Crippen LogP contribution in [-0.2, 0) is 20.4 Å². The molecule has 0 spiro atoms. The van der Waals surface area contributed by atoms with Gasteiger partial charge in [0.1, 0.15) is 11.3 Å². The molecule has 20 heavy (non-hydrogen) atoms. The molecule has 1 N–H and O–H groups in total. The molecule has 2 rings (SSSR count). The lowest BCUT2D eigenvalue weighted by Gasteiger charge is -2.05. The minimum absolute atomic E-state index is 0.185. The maximum Gasteiger partial charge on any atom is 0.241 e. The quantitative estimate of drug-likeness (QED) is 0.861. The van der Waals surface area contributed by atoms with Gasteiger partial charge in [-0.15, -0.1) is 10.2 Å². The van der Waals surface area contributed by atoms with Crippen LogP contribution in [0.25, 0.3) is 0 Å². The molecule has 6 nitrogen and oxygen atoms in total. The van der Waals surface area contributed by atoms with Gasteiger partial charge in [0.25, 0.3) is 0 Å². The van der Waals surface area contributed by atoms with Crippen molar-refractivity contribution in [2.24, 2.45) is 0 Å². The second-order valence-corrected chi connectivity index (χ2v) is 7.77. The third-order valence-electron chi connectivity index (χ3n) is 2.23. The molecule has 0 radical (unpaired) electrons. The van der Waals surface area contributed by atoms with Crippen LogP contribution in [0.15, 0.2) is 34.2 Å². The average Bonchev–Trinajstić information content (AvgIpc) is 2.79. The zero-order chi connectivity index (χ0) is 14.6. The highest BCUT2D eigenvalue weighted by Gasteiger charge is 2.18. The average molecular weight is 376 g/mol. The molecule has 0 aliphatic rings. The summed E-state index contributed by atoms with van der Waals surface area (Å²) in [5.74, 6) is -1.38. The summed E-state index contributed by atoms with van der Waals surface area (Å²) in [5, 5.41) is 9.84. The second kappa shape index (κ2) is 6.42. The Morgan fingerprint density at radius 2 is 2.20 bits per heavy atom. The Labute approximate surface area is 128 Å². The Bertz CT molecular complexity index is 701. The Morgan fingerprint density at radius 3 is 2.85 bits per heavy atom. The normalized spacial score (nSPS) is 11.2. The van der Waals surface area contributed by atoms with Crippen molar-refractivity contribution in [2.75, 3.05) is 11.1 Å². The molecule has 9 heteroatoms. The zero-order valence-corrected chi connectivity index (χ0v) is 13.3. The number of nitrogens with one attached hydrogen (secondary N) is 1. The summed E-state index contributed by atoms with van der Waals surface area (Å²) in [4.78, 5) is 11.6. The number of carbonyl (C=O) groups is 1. The minimum atomic E-state index is -3.53. The van der Waals surface area contributed by atoms with Crippen molar-refractivity contribution in [2.45, 2.75) is 5.75 Å². The second-order valence-electron chi connectivity index (χ2n) is 3.95. The van der Waals surface area contributed by atoms with Crippen molar-refractivity contribution in [3.05, 3.63) is 39.8 Å². The molecule has 0 atom stereocenters. The summed E-state index contributed by atoms with van der Waals surface area (Å²) in [6, 6.07) is 6.96. The number of hydrogen-bond acceptors (Lipinski definition) is 6. The van der Waals surface area contributed by atoms with E-state index in [0.717, 1.165) is 15.8 Å². The standard InChI is InChI=1S/C11H10BrN3O3S2/c12-9-3-1-2-8(4-9)5-20(17,18)6-10(16)14-11-15-13-7-19-11/h1-4,7H,5-6H2,(H,14,15,16). The number of benzene rings is 1. The molecule has 0 fully saturated rings. The largest absolute Gasteiger partial charge is 0.300 e. The molecule has 0 aliphatic carbocycles. The van der Waals surface area contributed by atoms with E-state index in [1.807, 2.05) is 0 Å². The number of anilines is 1. The van der Waals surface area contributed by atoms with Crippen molar-refractivity contribution in [3.8, 4) is 0 Å². The molecule has 1 heterocycles. The molecule has 2 aromatic rings. The molecule has 0 saturated heterocycles. The van der Waals surface area contributed by atoms with Crippen molar-refractivity contribution in [1.82, 2.24) is 10.2 Å². The summed E-state index contributed by atoms with van der Waals surface area (Å²) in [6.45, 7) is 0. The molecule has 1 aromatic carbocycles. The van der Waals surface area contributed by atoms with Gasteiger partial charge in [0.15, 0.2) is 9.84 Å². The van der Waals surface area contributed by atoms with Gasteiger partial charge in [0.2, 0.25) is 11.0 Å². The zero-order valence-electron chi connectivity index (χ0n) is 10.1. The van der Waals surface area contributed by atoms with Crippen LogP contribution < -0.4 is 5.32 Å². The maximum absolute atomic E-state index is 11.9. The van der Waals surface area contributed by atoms with Crippen LogP contribution in [0, 0.1) is 0 Å². The highest BCUT2D eigenvalue weighted by atomic mass is 79.9. The van der Waals surface area contributed by atoms with Crippen molar-refractivity contribution in [3.63, 3.8) is 0 Å². The number of nitrogens with zero attached hydrogens (tertiary/aromatic N) is 2. The molecule has 0 aliphatic heterocycles. The fraction of sp³-hybridized carbons (Fsp3) is 0.182. The predicted molar refractivity (Wildman–Crippen MR) is 80.2 cm³/mol. The number of carbonyl (C=O) groups excluding carboxylic acids is 1. The van der Waals surface area contributed by atoms with Gasteiger partial charge in [-0.1, -0.05) is 39.4 Å². The van der Waals surface area contributed by atoms with E-state index in [1.165, 1.54) is 5.51 Å². The third kappa shape index (κ3) is 4.66. The Hall–Kier alpha value is -1.32. The molecular formula is C11H10BrN3O3S2. The first kappa shape index (κ1) is 15.1. The lowest BCUT2D eigenvalue weighted by Crippen LogP contribution is -2.23.